The molecule has 0 saturated carbocycles. The lowest BCUT2D eigenvalue weighted by atomic mass is 10.0. The number of hydrogen-bond donors (Lipinski definition) is 2. The first kappa shape index (κ1) is 11.2. The van der Waals surface area contributed by atoms with Crippen molar-refractivity contribution in [2.45, 2.75) is 19.8 Å². The highest BCUT2D eigenvalue weighted by Crippen LogP contribution is 2.14. The van der Waals surface area contributed by atoms with Gasteiger partial charge in [-0.25, -0.2) is 0 Å². The van der Waals surface area contributed by atoms with Gasteiger partial charge in [-0.3, -0.25) is 0 Å². The van der Waals surface area contributed by atoms with Crippen molar-refractivity contribution in [3.63, 3.8) is 0 Å². The van der Waals surface area contributed by atoms with Gasteiger partial charge in [0, 0.05) is 5.56 Å². The van der Waals surface area contributed by atoms with Crippen LogP contribution in [0.5, 0.6) is 0 Å². The summed E-state index contributed by atoms with van der Waals surface area (Å²) < 4.78 is 0. The van der Waals surface area contributed by atoms with Crippen molar-refractivity contribution in [1.29, 1.82) is 0 Å². The molecule has 15 heavy (non-hydrogen) atoms. The van der Waals surface area contributed by atoms with E-state index in [2.05, 4.69) is 24.2 Å². The van der Waals surface area contributed by atoms with E-state index in [1.165, 1.54) is 5.56 Å². The molecule has 1 rings (SSSR count). The molecule has 0 spiro atoms. The van der Waals surface area contributed by atoms with E-state index < -0.39 is 0 Å². The van der Waals surface area contributed by atoms with Crippen LogP contribution < -0.4 is 0 Å². The summed E-state index contributed by atoms with van der Waals surface area (Å²) >= 11 is 0. The summed E-state index contributed by atoms with van der Waals surface area (Å²) in [6.07, 6.45) is 1.09. The van der Waals surface area contributed by atoms with E-state index in [4.69, 9.17) is 10.4 Å². The minimum absolute atomic E-state index is 0.229. The van der Waals surface area contributed by atoms with Crippen molar-refractivity contribution in [2.75, 3.05) is 0 Å². The summed E-state index contributed by atoms with van der Waals surface area (Å²) in [7, 11) is 0. The van der Waals surface area contributed by atoms with Crippen molar-refractivity contribution in [3.8, 4) is 0 Å². The fraction of sp³-hybridized carbons (Fsp3) is 0.273. The Morgan fingerprint density at radius 3 is 2.20 bits per heavy atom. The largest absolute Gasteiger partial charge is 0.411 e. The van der Waals surface area contributed by atoms with E-state index >= 15 is 0 Å². The molecule has 0 atom stereocenters. The van der Waals surface area contributed by atoms with E-state index in [1.807, 2.05) is 24.3 Å². The quantitative estimate of drug-likeness (QED) is 0.453. The molecule has 0 radical (unpaired) electrons. The van der Waals surface area contributed by atoms with Gasteiger partial charge in [0.05, 0.1) is 6.21 Å². The molecular formula is C11H14N2O2. The van der Waals surface area contributed by atoms with Crippen LogP contribution in [0.2, 0.25) is 0 Å². The second-order valence-corrected chi connectivity index (χ2v) is 3.51. The van der Waals surface area contributed by atoms with E-state index in [1.54, 1.807) is 0 Å². The second kappa shape index (κ2) is 5.14. The predicted molar refractivity (Wildman–Crippen MR) is 59.1 cm³/mol. The van der Waals surface area contributed by atoms with Crippen LogP contribution in [0.25, 0.3) is 0 Å². The minimum Gasteiger partial charge on any atom is -0.411 e. The van der Waals surface area contributed by atoms with Gasteiger partial charge in [0.25, 0.3) is 0 Å². The molecule has 0 amide bonds. The number of nitrogens with zero attached hydrogens (tertiary/aromatic N) is 2. The maximum Gasteiger partial charge on any atom is 0.131 e. The second-order valence-electron chi connectivity index (χ2n) is 3.51. The highest BCUT2D eigenvalue weighted by atomic mass is 16.4. The molecule has 0 unspecified atom stereocenters. The molecular weight excluding hydrogens is 192 g/mol. The predicted octanol–water partition coefficient (Wildman–Crippen LogP) is 2.45. The third-order valence-corrected chi connectivity index (χ3v) is 2.16. The Kier molecular flexibility index (Phi) is 3.85. The molecule has 1 aromatic rings. The maximum absolute atomic E-state index is 8.67. The average molecular weight is 206 g/mol. The third-order valence-electron chi connectivity index (χ3n) is 2.16. The Balaban J connectivity index is 2.97. The van der Waals surface area contributed by atoms with Crippen LogP contribution in [-0.4, -0.2) is 22.3 Å². The van der Waals surface area contributed by atoms with Crippen molar-refractivity contribution in [3.05, 3.63) is 35.4 Å². The number of rotatable bonds is 3. The van der Waals surface area contributed by atoms with Crippen LogP contribution in [0, 0.1) is 0 Å². The third kappa shape index (κ3) is 2.80. The van der Waals surface area contributed by atoms with Gasteiger partial charge in [0.1, 0.15) is 5.71 Å². The molecule has 0 aliphatic heterocycles. The molecule has 80 valence electrons. The monoisotopic (exact) mass is 206 g/mol. The Bertz CT molecular complexity index is 367. The van der Waals surface area contributed by atoms with Crippen LogP contribution in [0.1, 0.15) is 30.9 Å². The van der Waals surface area contributed by atoms with E-state index in [0.29, 0.717) is 11.5 Å². The summed E-state index contributed by atoms with van der Waals surface area (Å²) in [5.74, 6) is 0.458. The van der Waals surface area contributed by atoms with Crippen LogP contribution >= 0.6 is 0 Å². The SMILES string of the molecule is CC(C)c1ccc(C(/C=N/O)=N/O)cc1. The number of oxime groups is 2. The average Bonchev–Trinajstić information content (AvgIpc) is 2.26. The van der Waals surface area contributed by atoms with Crippen molar-refractivity contribution < 1.29 is 10.4 Å². The topological polar surface area (TPSA) is 65.2 Å². The zero-order chi connectivity index (χ0) is 11.3. The lowest BCUT2D eigenvalue weighted by Gasteiger charge is -2.05. The van der Waals surface area contributed by atoms with Crippen molar-refractivity contribution in [1.82, 2.24) is 0 Å². The smallest absolute Gasteiger partial charge is 0.131 e. The lowest BCUT2D eigenvalue weighted by Crippen LogP contribution is -2.02. The summed E-state index contributed by atoms with van der Waals surface area (Å²) in [6, 6.07) is 7.56. The van der Waals surface area contributed by atoms with Gasteiger partial charge in [-0.05, 0) is 11.5 Å². The fourth-order valence-electron chi connectivity index (χ4n) is 1.25. The Labute approximate surface area is 88.5 Å². The summed E-state index contributed by atoms with van der Waals surface area (Å²) in [5.41, 5.74) is 2.14. The van der Waals surface area contributed by atoms with Crippen LogP contribution in [0.3, 0.4) is 0 Å². The standard InChI is InChI=1S/C11H14N2O2/c1-8(2)9-3-5-10(6-4-9)11(13-15)7-12-14/h3-8,14-15H,1-2H3/b12-7+,13-11+. The Morgan fingerprint density at radius 1 is 1.20 bits per heavy atom. The van der Waals surface area contributed by atoms with Gasteiger partial charge in [-0.2, -0.15) is 0 Å². The van der Waals surface area contributed by atoms with Gasteiger partial charge in [-0.15, -0.1) is 0 Å². The molecule has 1 aromatic carbocycles. The summed E-state index contributed by atoms with van der Waals surface area (Å²) in [6.45, 7) is 4.20. The molecule has 0 aliphatic carbocycles. The highest BCUT2D eigenvalue weighted by molar-refractivity contribution is 6.37. The lowest BCUT2D eigenvalue weighted by molar-refractivity contribution is 0.316. The van der Waals surface area contributed by atoms with Gasteiger partial charge in [0.2, 0.25) is 0 Å². The molecule has 4 heteroatoms. The molecule has 0 bridgehead atoms. The van der Waals surface area contributed by atoms with Gasteiger partial charge < -0.3 is 10.4 Å². The molecule has 0 aromatic heterocycles. The molecule has 0 fully saturated rings. The van der Waals surface area contributed by atoms with Crippen LogP contribution in [0.15, 0.2) is 34.6 Å². The number of benzene rings is 1. The Morgan fingerprint density at radius 2 is 1.80 bits per heavy atom. The van der Waals surface area contributed by atoms with E-state index in [0.717, 1.165) is 6.21 Å². The van der Waals surface area contributed by atoms with E-state index in [9.17, 15) is 0 Å². The first-order valence-corrected chi connectivity index (χ1v) is 4.69. The number of hydrogen-bond acceptors (Lipinski definition) is 4. The van der Waals surface area contributed by atoms with Crippen LogP contribution in [0.4, 0.5) is 0 Å². The van der Waals surface area contributed by atoms with Crippen molar-refractivity contribution >= 4 is 11.9 Å². The molecule has 0 saturated heterocycles. The first-order valence-electron chi connectivity index (χ1n) is 4.69. The molecule has 0 heterocycles. The molecule has 0 aliphatic rings. The first-order chi connectivity index (χ1) is 7.19. The van der Waals surface area contributed by atoms with Gasteiger partial charge in [0.15, 0.2) is 0 Å². The molecule has 4 nitrogen and oxygen atoms in total. The summed E-state index contributed by atoms with van der Waals surface area (Å²) in [5, 5.41) is 22.9. The van der Waals surface area contributed by atoms with Crippen LogP contribution in [-0.2, 0) is 0 Å². The zero-order valence-corrected chi connectivity index (χ0v) is 8.75. The highest BCUT2D eigenvalue weighted by Gasteiger charge is 2.03. The van der Waals surface area contributed by atoms with Crippen molar-refractivity contribution in [2.24, 2.45) is 10.3 Å². The fourth-order valence-corrected chi connectivity index (χ4v) is 1.25. The zero-order valence-electron chi connectivity index (χ0n) is 8.75. The Hall–Kier alpha value is -1.84. The summed E-state index contributed by atoms with van der Waals surface area (Å²) in [4.78, 5) is 0. The molecule has 2 N–H and O–H groups in total. The van der Waals surface area contributed by atoms with Gasteiger partial charge in [-0.1, -0.05) is 48.4 Å². The van der Waals surface area contributed by atoms with Gasteiger partial charge >= 0.3 is 0 Å². The normalized spacial score (nSPS) is 12.6. The maximum atomic E-state index is 8.67. The minimum atomic E-state index is 0.229. The van der Waals surface area contributed by atoms with E-state index in [-0.39, 0.29) is 5.71 Å².